The third kappa shape index (κ3) is 3.70. The summed E-state index contributed by atoms with van der Waals surface area (Å²) in [7, 11) is 0. The monoisotopic (exact) mass is 301 g/mol. The fraction of sp³-hybridized carbons (Fsp3) is 0.389. The predicted octanol–water partition coefficient (Wildman–Crippen LogP) is 4.72. The van der Waals surface area contributed by atoms with Gasteiger partial charge in [-0.25, -0.2) is 0 Å². The lowest BCUT2D eigenvalue weighted by atomic mass is 10.2. The van der Waals surface area contributed by atoms with Gasteiger partial charge in [0.1, 0.15) is 17.3 Å². The van der Waals surface area contributed by atoms with Gasteiger partial charge in [0.25, 0.3) is 5.91 Å². The van der Waals surface area contributed by atoms with Gasteiger partial charge < -0.3 is 14.5 Å². The summed E-state index contributed by atoms with van der Waals surface area (Å²) in [6.07, 6.45) is 2.01. The van der Waals surface area contributed by atoms with Gasteiger partial charge in [-0.15, -0.1) is 0 Å². The van der Waals surface area contributed by atoms with Crippen LogP contribution in [0.3, 0.4) is 0 Å². The largest absolute Gasteiger partial charge is 0.488 e. The molecule has 1 heterocycles. The van der Waals surface area contributed by atoms with E-state index in [9.17, 15) is 4.79 Å². The number of furan rings is 1. The molecule has 0 bridgehead atoms. The zero-order valence-electron chi connectivity index (χ0n) is 13.6. The first-order valence-corrected chi connectivity index (χ1v) is 7.69. The van der Waals surface area contributed by atoms with E-state index < -0.39 is 0 Å². The maximum atomic E-state index is 12.4. The molecular weight excluding hydrogens is 278 g/mol. The van der Waals surface area contributed by atoms with Gasteiger partial charge in [-0.2, -0.15) is 0 Å². The highest BCUT2D eigenvalue weighted by atomic mass is 16.5. The minimum absolute atomic E-state index is 0.149. The fourth-order valence-electron chi connectivity index (χ4n) is 2.35. The summed E-state index contributed by atoms with van der Waals surface area (Å²) in [6, 6.07) is 9.25. The van der Waals surface area contributed by atoms with Gasteiger partial charge in [0.05, 0.1) is 17.4 Å². The van der Waals surface area contributed by atoms with Crippen molar-refractivity contribution in [2.45, 2.75) is 46.6 Å². The molecule has 4 heteroatoms. The summed E-state index contributed by atoms with van der Waals surface area (Å²) in [5.74, 6) is 1.86. The maximum Gasteiger partial charge on any atom is 0.259 e. The summed E-state index contributed by atoms with van der Waals surface area (Å²) >= 11 is 0. The van der Waals surface area contributed by atoms with Crippen LogP contribution >= 0.6 is 0 Å². The molecule has 0 saturated carbocycles. The Morgan fingerprint density at radius 1 is 1.23 bits per heavy atom. The Morgan fingerprint density at radius 2 is 1.91 bits per heavy atom. The number of nitrogens with one attached hydrogen (secondary N) is 1. The van der Waals surface area contributed by atoms with Crippen LogP contribution in [0.25, 0.3) is 0 Å². The van der Waals surface area contributed by atoms with Crippen LogP contribution in [0.4, 0.5) is 5.69 Å². The topological polar surface area (TPSA) is 51.5 Å². The van der Waals surface area contributed by atoms with E-state index in [1.807, 2.05) is 31.2 Å². The molecule has 0 atom stereocenters. The average molecular weight is 301 g/mol. The maximum absolute atomic E-state index is 12.4. The number of anilines is 1. The van der Waals surface area contributed by atoms with Gasteiger partial charge in [-0.3, -0.25) is 4.79 Å². The molecule has 0 aliphatic heterocycles. The lowest BCUT2D eigenvalue weighted by Crippen LogP contribution is -2.17. The first-order valence-electron chi connectivity index (χ1n) is 7.69. The second-order valence-electron chi connectivity index (χ2n) is 5.33. The van der Waals surface area contributed by atoms with E-state index in [4.69, 9.17) is 9.15 Å². The molecule has 0 unspecified atom stereocenters. The molecule has 0 fully saturated rings. The molecule has 0 aliphatic rings. The van der Waals surface area contributed by atoms with Gasteiger partial charge >= 0.3 is 0 Å². The van der Waals surface area contributed by atoms with Crippen LogP contribution in [-0.2, 0) is 0 Å². The van der Waals surface area contributed by atoms with Gasteiger partial charge in [0.2, 0.25) is 0 Å². The first kappa shape index (κ1) is 16.1. The summed E-state index contributed by atoms with van der Waals surface area (Å²) in [6.45, 7) is 7.79. The number of benzene rings is 1. The van der Waals surface area contributed by atoms with E-state index in [1.165, 1.54) is 0 Å². The molecule has 0 spiro atoms. The highest BCUT2D eigenvalue weighted by Crippen LogP contribution is 2.27. The molecule has 118 valence electrons. The quantitative estimate of drug-likeness (QED) is 0.840. The molecule has 0 radical (unpaired) electrons. The third-order valence-electron chi connectivity index (χ3n) is 3.63. The Bertz CT molecular complexity index is 642. The highest BCUT2D eigenvalue weighted by Gasteiger charge is 2.16. The average Bonchev–Trinajstić information content (AvgIpc) is 2.85. The van der Waals surface area contributed by atoms with Crippen molar-refractivity contribution in [1.29, 1.82) is 0 Å². The number of carbonyl (C=O) groups is 1. The molecule has 2 aromatic rings. The number of hydrogen-bond acceptors (Lipinski definition) is 3. The second-order valence-corrected chi connectivity index (χ2v) is 5.33. The molecule has 2 rings (SSSR count). The normalized spacial score (nSPS) is 10.8. The zero-order valence-corrected chi connectivity index (χ0v) is 13.6. The minimum atomic E-state index is -0.185. The SMILES string of the molecule is CCC(CC)Oc1ccccc1NC(=O)c1cc(C)oc1C. The van der Waals surface area contributed by atoms with Crippen LogP contribution in [0.2, 0.25) is 0 Å². The van der Waals surface area contributed by atoms with Crippen molar-refractivity contribution in [3.63, 3.8) is 0 Å². The second kappa shape index (κ2) is 7.16. The van der Waals surface area contributed by atoms with Gasteiger partial charge in [-0.1, -0.05) is 26.0 Å². The molecule has 1 aromatic carbocycles. The van der Waals surface area contributed by atoms with E-state index in [0.29, 0.717) is 22.8 Å². The Balaban J connectivity index is 2.19. The molecule has 1 amide bonds. The molecule has 1 aromatic heterocycles. The summed E-state index contributed by atoms with van der Waals surface area (Å²) in [4.78, 5) is 12.4. The van der Waals surface area contributed by atoms with Gasteiger partial charge in [-0.05, 0) is 44.9 Å². The smallest absolute Gasteiger partial charge is 0.259 e. The summed E-state index contributed by atoms with van der Waals surface area (Å²) in [5.41, 5.74) is 1.23. The Morgan fingerprint density at radius 3 is 2.50 bits per heavy atom. The minimum Gasteiger partial charge on any atom is -0.488 e. The molecule has 1 N–H and O–H groups in total. The van der Waals surface area contributed by atoms with Crippen LogP contribution in [0.5, 0.6) is 5.75 Å². The lowest BCUT2D eigenvalue weighted by Gasteiger charge is -2.18. The van der Waals surface area contributed by atoms with Crippen LogP contribution in [0, 0.1) is 13.8 Å². The predicted molar refractivity (Wildman–Crippen MR) is 87.6 cm³/mol. The van der Waals surface area contributed by atoms with Gasteiger partial charge in [0.15, 0.2) is 0 Å². The summed E-state index contributed by atoms with van der Waals surface area (Å²) in [5, 5.41) is 2.91. The van der Waals surface area contributed by atoms with Crippen LogP contribution in [-0.4, -0.2) is 12.0 Å². The van der Waals surface area contributed by atoms with E-state index in [-0.39, 0.29) is 12.0 Å². The van der Waals surface area contributed by atoms with Crippen LogP contribution in [0.1, 0.15) is 48.6 Å². The van der Waals surface area contributed by atoms with E-state index in [2.05, 4.69) is 19.2 Å². The Labute approximate surface area is 131 Å². The number of ether oxygens (including phenoxy) is 1. The fourth-order valence-corrected chi connectivity index (χ4v) is 2.35. The molecular formula is C18H23NO3. The first-order chi connectivity index (χ1) is 10.5. The van der Waals surface area contributed by atoms with E-state index in [1.54, 1.807) is 13.0 Å². The zero-order chi connectivity index (χ0) is 16.1. The van der Waals surface area contributed by atoms with E-state index >= 15 is 0 Å². The van der Waals surface area contributed by atoms with Crippen molar-refractivity contribution in [3.05, 3.63) is 47.4 Å². The van der Waals surface area contributed by atoms with Crippen molar-refractivity contribution in [3.8, 4) is 5.75 Å². The van der Waals surface area contributed by atoms with Crippen LogP contribution in [0.15, 0.2) is 34.7 Å². The number of amides is 1. The third-order valence-corrected chi connectivity index (χ3v) is 3.63. The van der Waals surface area contributed by atoms with Crippen molar-refractivity contribution in [2.75, 3.05) is 5.32 Å². The van der Waals surface area contributed by atoms with Crippen molar-refractivity contribution >= 4 is 11.6 Å². The molecule has 4 nitrogen and oxygen atoms in total. The number of rotatable bonds is 6. The number of para-hydroxylation sites is 2. The molecule has 0 aliphatic carbocycles. The number of hydrogen-bond donors (Lipinski definition) is 1. The molecule has 22 heavy (non-hydrogen) atoms. The van der Waals surface area contributed by atoms with Gasteiger partial charge in [0, 0.05) is 0 Å². The standard InChI is InChI=1S/C18H23NO3/c1-5-14(6-2)22-17-10-8-7-9-16(17)19-18(20)15-11-12(3)21-13(15)4/h7-11,14H,5-6H2,1-4H3,(H,19,20). The summed E-state index contributed by atoms with van der Waals surface area (Å²) < 4.78 is 11.4. The Kier molecular flexibility index (Phi) is 5.26. The number of aryl methyl sites for hydroxylation is 2. The lowest BCUT2D eigenvalue weighted by molar-refractivity contribution is 0.102. The van der Waals surface area contributed by atoms with Crippen molar-refractivity contribution in [1.82, 2.24) is 0 Å². The Hall–Kier alpha value is -2.23. The van der Waals surface area contributed by atoms with Crippen molar-refractivity contribution in [2.24, 2.45) is 0 Å². The van der Waals surface area contributed by atoms with Crippen molar-refractivity contribution < 1.29 is 13.9 Å². The highest BCUT2D eigenvalue weighted by molar-refractivity contribution is 6.05. The van der Waals surface area contributed by atoms with E-state index in [0.717, 1.165) is 18.6 Å². The number of carbonyl (C=O) groups excluding carboxylic acids is 1. The molecule has 0 saturated heterocycles. The van der Waals surface area contributed by atoms with Crippen LogP contribution < -0.4 is 10.1 Å².